The summed E-state index contributed by atoms with van der Waals surface area (Å²) >= 11 is 0. The monoisotopic (exact) mass is 417 g/mol. The molecule has 2 aromatic rings. The molecule has 0 radical (unpaired) electrons. The van der Waals surface area contributed by atoms with Crippen LogP contribution in [0.25, 0.3) is 0 Å². The minimum atomic E-state index is -0.564. The maximum absolute atomic E-state index is 13.4. The molecule has 1 aliphatic heterocycles. The van der Waals surface area contributed by atoms with Gasteiger partial charge in [-0.3, -0.25) is 9.59 Å². The van der Waals surface area contributed by atoms with Gasteiger partial charge in [0.25, 0.3) is 0 Å². The predicted octanol–water partition coefficient (Wildman–Crippen LogP) is 2.69. The maximum Gasteiger partial charge on any atom is 0.249 e. The van der Waals surface area contributed by atoms with E-state index >= 15 is 0 Å². The molecule has 0 spiro atoms. The molecule has 1 aliphatic rings. The molecule has 0 aliphatic carbocycles. The summed E-state index contributed by atoms with van der Waals surface area (Å²) in [5, 5.41) is 5.83. The lowest BCUT2D eigenvalue weighted by Crippen LogP contribution is -2.52. The molecule has 2 N–H and O–H groups in total. The molecule has 2 amide bonds. The second-order valence-electron chi connectivity index (χ2n) is 7.01. The van der Waals surface area contributed by atoms with Gasteiger partial charge in [-0.1, -0.05) is 36.4 Å². The van der Waals surface area contributed by atoms with Gasteiger partial charge in [-0.2, -0.15) is 0 Å². The van der Waals surface area contributed by atoms with Crippen molar-refractivity contribution in [2.45, 2.75) is 38.4 Å². The number of ether oxygens (including phenoxy) is 1. The summed E-state index contributed by atoms with van der Waals surface area (Å²) in [5.74, 6) is 0.424. The lowest BCUT2D eigenvalue weighted by atomic mass is 10.1. The first kappa shape index (κ1) is 22.7. The molecule has 156 valence electrons. The van der Waals surface area contributed by atoms with Crippen molar-refractivity contribution < 1.29 is 14.3 Å². The van der Waals surface area contributed by atoms with Gasteiger partial charge in [0.2, 0.25) is 11.8 Å². The standard InChI is InChI=1S/C22H27N3O3.ClH/c1-15(23-2)21(26)24-19-12-10-17-9-11-18(28-3)13-20(17)25(22(19)27)14-16-7-5-4-6-8-16;/h4-9,11,13,15,19,23H,10,12,14H2,1-3H3,(H,24,26);1H/t15-,19-;/m0./s1. The summed E-state index contributed by atoms with van der Waals surface area (Å²) < 4.78 is 5.38. The number of methoxy groups -OCH3 is 1. The van der Waals surface area contributed by atoms with Crippen LogP contribution in [-0.4, -0.2) is 38.1 Å². The normalized spacial score (nSPS) is 16.9. The molecule has 3 rings (SSSR count). The van der Waals surface area contributed by atoms with Crippen LogP contribution in [0.1, 0.15) is 24.5 Å². The second-order valence-corrected chi connectivity index (χ2v) is 7.01. The van der Waals surface area contributed by atoms with Gasteiger partial charge >= 0.3 is 0 Å². The van der Waals surface area contributed by atoms with Crippen LogP contribution < -0.4 is 20.3 Å². The fourth-order valence-corrected chi connectivity index (χ4v) is 3.35. The van der Waals surface area contributed by atoms with Gasteiger partial charge in [-0.15, -0.1) is 12.4 Å². The van der Waals surface area contributed by atoms with Gasteiger partial charge in [0.15, 0.2) is 0 Å². The van der Waals surface area contributed by atoms with Crippen LogP contribution >= 0.6 is 12.4 Å². The molecule has 0 fully saturated rings. The molecular weight excluding hydrogens is 390 g/mol. The number of nitrogens with zero attached hydrogens (tertiary/aromatic N) is 1. The van der Waals surface area contributed by atoms with E-state index in [9.17, 15) is 9.59 Å². The van der Waals surface area contributed by atoms with E-state index in [1.54, 1.807) is 26.0 Å². The number of amides is 2. The third-order valence-corrected chi connectivity index (χ3v) is 5.18. The second kappa shape index (κ2) is 10.3. The number of halogens is 1. The van der Waals surface area contributed by atoms with E-state index in [0.717, 1.165) is 16.8 Å². The van der Waals surface area contributed by atoms with Crippen molar-refractivity contribution in [2.75, 3.05) is 19.1 Å². The zero-order valence-electron chi connectivity index (χ0n) is 17.0. The van der Waals surface area contributed by atoms with Crippen LogP contribution in [0, 0.1) is 0 Å². The first-order valence-corrected chi connectivity index (χ1v) is 9.53. The molecule has 2 aromatic carbocycles. The Labute approximate surface area is 178 Å². The van der Waals surface area contributed by atoms with Crippen molar-refractivity contribution in [2.24, 2.45) is 0 Å². The number of carbonyl (C=O) groups is 2. The van der Waals surface area contributed by atoms with Crippen molar-refractivity contribution in [1.82, 2.24) is 10.6 Å². The van der Waals surface area contributed by atoms with E-state index in [4.69, 9.17) is 4.74 Å². The number of anilines is 1. The number of likely N-dealkylation sites (N-methyl/N-ethyl adjacent to an activating group) is 1. The zero-order chi connectivity index (χ0) is 20.1. The highest BCUT2D eigenvalue weighted by molar-refractivity contribution is 6.01. The summed E-state index contributed by atoms with van der Waals surface area (Å²) in [4.78, 5) is 27.5. The van der Waals surface area contributed by atoms with Gasteiger partial charge < -0.3 is 20.3 Å². The largest absolute Gasteiger partial charge is 0.497 e. The molecular formula is C22H28ClN3O3. The van der Waals surface area contributed by atoms with Gasteiger partial charge in [0, 0.05) is 6.07 Å². The van der Waals surface area contributed by atoms with E-state index in [1.165, 1.54) is 0 Å². The Morgan fingerprint density at radius 2 is 1.97 bits per heavy atom. The fraction of sp³-hybridized carbons (Fsp3) is 0.364. The Morgan fingerprint density at radius 1 is 1.24 bits per heavy atom. The Bertz CT molecular complexity index is 844. The number of hydrogen-bond donors (Lipinski definition) is 2. The van der Waals surface area contributed by atoms with Crippen LogP contribution in [0.5, 0.6) is 5.75 Å². The molecule has 0 aromatic heterocycles. The average Bonchev–Trinajstić information content (AvgIpc) is 2.85. The molecule has 7 heteroatoms. The van der Waals surface area contributed by atoms with Crippen molar-refractivity contribution >= 4 is 29.9 Å². The fourth-order valence-electron chi connectivity index (χ4n) is 3.35. The highest BCUT2D eigenvalue weighted by Crippen LogP contribution is 2.32. The molecule has 6 nitrogen and oxygen atoms in total. The molecule has 2 atom stereocenters. The van der Waals surface area contributed by atoms with Gasteiger partial charge in [0.1, 0.15) is 11.8 Å². The lowest BCUT2D eigenvalue weighted by molar-refractivity contribution is -0.128. The minimum Gasteiger partial charge on any atom is -0.497 e. The van der Waals surface area contributed by atoms with E-state index in [-0.39, 0.29) is 30.3 Å². The predicted molar refractivity (Wildman–Crippen MR) is 117 cm³/mol. The average molecular weight is 418 g/mol. The molecule has 0 saturated heterocycles. The van der Waals surface area contributed by atoms with Crippen LogP contribution in [0.4, 0.5) is 5.69 Å². The van der Waals surface area contributed by atoms with Crippen LogP contribution in [-0.2, 0) is 22.6 Å². The minimum absolute atomic E-state index is 0. The van der Waals surface area contributed by atoms with Gasteiger partial charge in [-0.05, 0) is 44.0 Å². The summed E-state index contributed by atoms with van der Waals surface area (Å²) in [6.45, 7) is 2.21. The van der Waals surface area contributed by atoms with Crippen LogP contribution in [0.2, 0.25) is 0 Å². The quantitative estimate of drug-likeness (QED) is 0.758. The first-order valence-electron chi connectivity index (χ1n) is 9.53. The summed E-state index contributed by atoms with van der Waals surface area (Å²) in [5.41, 5.74) is 2.94. The Balaban J connectivity index is 0.00000300. The Kier molecular flexibility index (Phi) is 8.05. The van der Waals surface area contributed by atoms with Crippen LogP contribution in [0.3, 0.4) is 0 Å². The SMILES string of the molecule is CN[C@@H](C)C(=O)N[C@H]1CCc2ccc(OC)cc2N(Cc2ccccc2)C1=O.Cl. The summed E-state index contributed by atoms with van der Waals surface area (Å²) in [6, 6.07) is 14.7. The van der Waals surface area contributed by atoms with E-state index < -0.39 is 6.04 Å². The van der Waals surface area contributed by atoms with Crippen molar-refractivity contribution in [3.63, 3.8) is 0 Å². The molecule has 0 bridgehead atoms. The van der Waals surface area contributed by atoms with E-state index in [2.05, 4.69) is 10.6 Å². The van der Waals surface area contributed by atoms with Gasteiger partial charge in [-0.25, -0.2) is 0 Å². The van der Waals surface area contributed by atoms with E-state index in [1.807, 2.05) is 48.5 Å². The zero-order valence-corrected chi connectivity index (χ0v) is 17.8. The molecule has 0 saturated carbocycles. The van der Waals surface area contributed by atoms with E-state index in [0.29, 0.717) is 25.1 Å². The molecule has 29 heavy (non-hydrogen) atoms. The number of carbonyl (C=O) groups excluding carboxylic acids is 2. The highest BCUT2D eigenvalue weighted by atomic mass is 35.5. The topological polar surface area (TPSA) is 70.7 Å². The number of benzene rings is 2. The van der Waals surface area contributed by atoms with Gasteiger partial charge in [0.05, 0.1) is 25.4 Å². The van der Waals surface area contributed by atoms with Crippen molar-refractivity contribution in [1.29, 1.82) is 0 Å². The number of aryl methyl sites for hydroxylation is 1. The number of nitrogens with one attached hydrogen (secondary N) is 2. The highest BCUT2D eigenvalue weighted by Gasteiger charge is 2.32. The Morgan fingerprint density at radius 3 is 2.62 bits per heavy atom. The summed E-state index contributed by atoms with van der Waals surface area (Å²) in [7, 11) is 3.34. The Hall–Kier alpha value is -2.57. The van der Waals surface area contributed by atoms with Crippen LogP contribution in [0.15, 0.2) is 48.5 Å². The summed E-state index contributed by atoms with van der Waals surface area (Å²) in [6.07, 6.45) is 1.26. The lowest BCUT2D eigenvalue weighted by Gasteiger charge is -2.27. The molecule has 1 heterocycles. The smallest absolute Gasteiger partial charge is 0.249 e. The maximum atomic E-state index is 13.4. The third kappa shape index (κ3) is 5.28. The first-order chi connectivity index (χ1) is 13.5. The number of rotatable bonds is 6. The van der Waals surface area contributed by atoms with Crippen molar-refractivity contribution in [3.8, 4) is 5.75 Å². The van der Waals surface area contributed by atoms with Crippen molar-refractivity contribution in [3.05, 3.63) is 59.7 Å². The number of hydrogen-bond acceptors (Lipinski definition) is 4. The molecule has 0 unspecified atom stereocenters. The number of fused-ring (bicyclic) bond motifs is 1. The third-order valence-electron chi connectivity index (χ3n) is 5.18.